The average molecular weight is 455 g/mol. The number of benzene rings is 2. The Morgan fingerprint density at radius 1 is 1.34 bits per heavy atom. The third-order valence-electron chi connectivity index (χ3n) is 4.70. The molecule has 0 spiro atoms. The Hall–Kier alpha value is -3.31. The molecule has 1 aromatic heterocycles. The van der Waals surface area contributed by atoms with Gasteiger partial charge in [0.25, 0.3) is 0 Å². The van der Waals surface area contributed by atoms with Gasteiger partial charge in [-0.05, 0) is 42.8 Å². The van der Waals surface area contributed by atoms with Crippen LogP contribution in [0.1, 0.15) is 28.3 Å². The molecular formula is C21H16BrFN4O2. The molecule has 8 heteroatoms. The SMILES string of the molecule is Cc1[nH]nc2c1[C@H](c1cc(Br)ccc1OCc1cccc(F)c1)C(C#N)=C(N)O2. The third kappa shape index (κ3) is 3.57. The van der Waals surface area contributed by atoms with Crippen molar-refractivity contribution in [3.8, 4) is 17.7 Å². The molecule has 0 saturated carbocycles. The molecule has 3 aromatic rings. The first kappa shape index (κ1) is 19.0. The van der Waals surface area contributed by atoms with E-state index in [1.807, 2.05) is 19.1 Å². The molecular weight excluding hydrogens is 439 g/mol. The Bertz CT molecular complexity index is 1170. The Balaban J connectivity index is 1.79. The van der Waals surface area contributed by atoms with Crippen LogP contribution in [0.2, 0.25) is 0 Å². The van der Waals surface area contributed by atoms with Crippen molar-refractivity contribution in [2.75, 3.05) is 0 Å². The van der Waals surface area contributed by atoms with E-state index in [2.05, 4.69) is 32.2 Å². The number of nitriles is 1. The van der Waals surface area contributed by atoms with Crippen molar-refractivity contribution in [1.29, 1.82) is 5.26 Å². The molecule has 4 rings (SSSR count). The van der Waals surface area contributed by atoms with Gasteiger partial charge in [0.1, 0.15) is 29.8 Å². The van der Waals surface area contributed by atoms with Crippen LogP contribution >= 0.6 is 15.9 Å². The number of hydrogen-bond donors (Lipinski definition) is 2. The molecule has 2 heterocycles. The van der Waals surface area contributed by atoms with Gasteiger partial charge in [-0.15, -0.1) is 5.10 Å². The fourth-order valence-electron chi connectivity index (χ4n) is 3.37. The number of ether oxygens (including phenoxy) is 2. The zero-order valence-electron chi connectivity index (χ0n) is 15.4. The van der Waals surface area contributed by atoms with Crippen LogP contribution in [-0.4, -0.2) is 10.2 Å². The predicted molar refractivity (Wildman–Crippen MR) is 107 cm³/mol. The van der Waals surface area contributed by atoms with E-state index >= 15 is 0 Å². The van der Waals surface area contributed by atoms with Crippen molar-refractivity contribution < 1.29 is 13.9 Å². The summed E-state index contributed by atoms with van der Waals surface area (Å²) in [7, 11) is 0. The second-order valence-corrected chi connectivity index (χ2v) is 7.51. The minimum Gasteiger partial charge on any atom is -0.489 e. The minimum atomic E-state index is -0.512. The monoisotopic (exact) mass is 454 g/mol. The lowest BCUT2D eigenvalue weighted by Crippen LogP contribution is -2.21. The number of halogens is 2. The summed E-state index contributed by atoms with van der Waals surface area (Å²) in [6.45, 7) is 2.03. The highest BCUT2D eigenvalue weighted by atomic mass is 79.9. The maximum atomic E-state index is 13.5. The predicted octanol–water partition coefficient (Wildman–Crippen LogP) is 4.42. The fraction of sp³-hybridized carbons (Fsp3) is 0.143. The van der Waals surface area contributed by atoms with Gasteiger partial charge in [-0.2, -0.15) is 5.26 Å². The second-order valence-electron chi connectivity index (χ2n) is 6.59. The van der Waals surface area contributed by atoms with Gasteiger partial charge >= 0.3 is 0 Å². The van der Waals surface area contributed by atoms with Gasteiger partial charge in [0, 0.05) is 21.3 Å². The van der Waals surface area contributed by atoms with E-state index in [1.54, 1.807) is 18.2 Å². The highest BCUT2D eigenvalue weighted by Crippen LogP contribution is 2.46. The van der Waals surface area contributed by atoms with Crippen molar-refractivity contribution in [3.05, 3.63) is 86.6 Å². The van der Waals surface area contributed by atoms with Crippen molar-refractivity contribution in [2.24, 2.45) is 5.73 Å². The van der Waals surface area contributed by atoms with Crippen molar-refractivity contribution in [2.45, 2.75) is 19.4 Å². The van der Waals surface area contributed by atoms with Gasteiger partial charge < -0.3 is 15.2 Å². The number of nitrogens with one attached hydrogen (secondary N) is 1. The maximum absolute atomic E-state index is 13.5. The highest BCUT2D eigenvalue weighted by Gasteiger charge is 2.36. The first-order valence-corrected chi connectivity index (χ1v) is 9.56. The standard InChI is InChI=1S/C21H16BrFN4O2/c1-11-18-19(16(9-24)20(25)29-21(18)27-26-11)15-8-13(22)5-6-17(15)28-10-12-3-2-4-14(23)7-12/h2-8,19H,10,25H2,1H3,(H,26,27)/t19-/m1/s1. The molecule has 0 bridgehead atoms. The van der Waals surface area contributed by atoms with E-state index in [0.717, 1.165) is 21.3 Å². The molecule has 0 unspecified atom stereocenters. The van der Waals surface area contributed by atoms with Gasteiger partial charge in [-0.1, -0.05) is 28.1 Å². The Kier molecular flexibility index (Phi) is 4.99. The van der Waals surface area contributed by atoms with E-state index in [0.29, 0.717) is 17.2 Å². The van der Waals surface area contributed by atoms with Gasteiger partial charge in [0.05, 0.1) is 5.92 Å². The molecule has 0 radical (unpaired) electrons. The van der Waals surface area contributed by atoms with Crippen LogP contribution in [-0.2, 0) is 6.61 Å². The number of aryl methyl sites for hydroxylation is 1. The van der Waals surface area contributed by atoms with E-state index in [4.69, 9.17) is 15.2 Å². The fourth-order valence-corrected chi connectivity index (χ4v) is 3.75. The molecule has 1 aliphatic heterocycles. The smallest absolute Gasteiger partial charge is 0.244 e. The molecule has 1 aliphatic rings. The zero-order valence-corrected chi connectivity index (χ0v) is 17.0. The molecule has 3 N–H and O–H groups in total. The lowest BCUT2D eigenvalue weighted by Gasteiger charge is -2.25. The van der Waals surface area contributed by atoms with Crippen LogP contribution in [0, 0.1) is 24.1 Å². The summed E-state index contributed by atoms with van der Waals surface area (Å²) in [5.41, 5.74) is 9.19. The number of aromatic nitrogens is 2. The van der Waals surface area contributed by atoms with Crippen LogP contribution in [0.4, 0.5) is 4.39 Å². The number of H-pyrrole nitrogens is 1. The molecule has 1 atom stereocenters. The molecule has 6 nitrogen and oxygen atoms in total. The van der Waals surface area contributed by atoms with Gasteiger partial charge in [-0.3, -0.25) is 5.10 Å². The number of nitrogens with zero attached hydrogens (tertiary/aromatic N) is 2. The topological polar surface area (TPSA) is 97.0 Å². The summed E-state index contributed by atoms with van der Waals surface area (Å²) in [6, 6.07) is 13.9. The van der Waals surface area contributed by atoms with Gasteiger partial charge in [0.15, 0.2) is 0 Å². The molecule has 0 aliphatic carbocycles. The number of aromatic amines is 1. The second kappa shape index (κ2) is 7.60. The molecule has 0 amide bonds. The number of fused-ring (bicyclic) bond motifs is 1. The average Bonchev–Trinajstić information content (AvgIpc) is 3.06. The first-order chi connectivity index (χ1) is 14.0. The van der Waals surface area contributed by atoms with Gasteiger partial charge in [-0.25, -0.2) is 4.39 Å². The van der Waals surface area contributed by atoms with E-state index in [1.165, 1.54) is 12.1 Å². The molecule has 0 fully saturated rings. The number of allylic oxidation sites excluding steroid dienone is 1. The van der Waals surface area contributed by atoms with Crippen LogP contribution in [0.5, 0.6) is 11.6 Å². The summed E-state index contributed by atoms with van der Waals surface area (Å²) in [5.74, 6) is 0.0549. The first-order valence-electron chi connectivity index (χ1n) is 8.77. The maximum Gasteiger partial charge on any atom is 0.244 e. The summed E-state index contributed by atoms with van der Waals surface area (Å²) in [4.78, 5) is 0. The summed E-state index contributed by atoms with van der Waals surface area (Å²) < 4.78 is 25.8. The quantitative estimate of drug-likeness (QED) is 0.607. The molecule has 2 aromatic carbocycles. The van der Waals surface area contributed by atoms with Crippen molar-refractivity contribution in [1.82, 2.24) is 10.2 Å². The van der Waals surface area contributed by atoms with E-state index in [-0.39, 0.29) is 23.9 Å². The summed E-state index contributed by atoms with van der Waals surface area (Å²) >= 11 is 3.48. The molecule has 29 heavy (non-hydrogen) atoms. The Labute approximate surface area is 174 Å². The molecule has 146 valence electrons. The van der Waals surface area contributed by atoms with Crippen LogP contribution in [0.3, 0.4) is 0 Å². The lowest BCUT2D eigenvalue weighted by atomic mass is 9.83. The Morgan fingerprint density at radius 3 is 2.93 bits per heavy atom. The van der Waals surface area contributed by atoms with Crippen molar-refractivity contribution >= 4 is 15.9 Å². The lowest BCUT2D eigenvalue weighted by molar-refractivity contribution is 0.301. The zero-order chi connectivity index (χ0) is 20.5. The van der Waals surface area contributed by atoms with Crippen LogP contribution in [0.15, 0.2) is 58.4 Å². The van der Waals surface area contributed by atoms with Crippen LogP contribution in [0.25, 0.3) is 0 Å². The van der Waals surface area contributed by atoms with Crippen LogP contribution < -0.4 is 15.2 Å². The minimum absolute atomic E-state index is 0.00700. The number of nitrogens with two attached hydrogens (primary N) is 1. The van der Waals surface area contributed by atoms with Gasteiger partial charge in [0.2, 0.25) is 11.8 Å². The van der Waals surface area contributed by atoms with E-state index < -0.39 is 5.92 Å². The van der Waals surface area contributed by atoms with E-state index in [9.17, 15) is 9.65 Å². The summed E-state index contributed by atoms with van der Waals surface area (Å²) in [6.07, 6.45) is 0. The van der Waals surface area contributed by atoms with Crippen molar-refractivity contribution in [3.63, 3.8) is 0 Å². The molecule has 0 saturated heterocycles. The number of hydrogen-bond acceptors (Lipinski definition) is 5. The largest absolute Gasteiger partial charge is 0.489 e. The Morgan fingerprint density at radius 2 is 2.17 bits per heavy atom. The normalized spacial score (nSPS) is 15.4. The number of rotatable bonds is 4. The highest BCUT2D eigenvalue weighted by molar-refractivity contribution is 9.10. The summed E-state index contributed by atoms with van der Waals surface area (Å²) in [5, 5.41) is 16.8. The third-order valence-corrected chi connectivity index (χ3v) is 5.19.